The molecule has 0 radical (unpaired) electrons. The van der Waals surface area contributed by atoms with Crippen molar-refractivity contribution in [1.82, 2.24) is 0 Å². The van der Waals surface area contributed by atoms with Crippen LogP contribution in [0.5, 0.6) is 0 Å². The molecule has 0 bridgehead atoms. The Labute approximate surface area is 213 Å². The van der Waals surface area contributed by atoms with Gasteiger partial charge in [-0.1, -0.05) is 90.0 Å². The van der Waals surface area contributed by atoms with E-state index in [1.807, 2.05) is 24.4 Å². The van der Waals surface area contributed by atoms with Crippen LogP contribution in [0.15, 0.2) is 58.5 Å². The van der Waals surface area contributed by atoms with Gasteiger partial charge < -0.3 is 0 Å². The molecule has 0 saturated carbocycles. The number of nitrogens with zero attached hydrogens (tertiary/aromatic N) is 2. The first kappa shape index (κ1) is 29.3. The number of aryl methyl sites for hydroxylation is 2. The average molecular weight is 491 g/mol. The van der Waals surface area contributed by atoms with Gasteiger partial charge in [0.2, 0.25) is 0 Å². The van der Waals surface area contributed by atoms with Crippen LogP contribution < -0.4 is 0 Å². The van der Waals surface area contributed by atoms with E-state index in [1.165, 1.54) is 75.3 Å². The van der Waals surface area contributed by atoms with Crippen LogP contribution in [-0.2, 0) is 29.3 Å². The fourth-order valence-electron chi connectivity index (χ4n) is 3.96. The van der Waals surface area contributed by atoms with Crippen LogP contribution in [-0.4, -0.2) is 11.9 Å². The van der Waals surface area contributed by atoms with E-state index < -0.39 is 0 Å². The number of aliphatic imine (C=N–C) groups is 2. The predicted molar refractivity (Wildman–Crippen MR) is 143 cm³/mol. The number of hydrogen-bond donors (Lipinski definition) is 0. The zero-order valence-corrected chi connectivity index (χ0v) is 22.1. The molecular formula is C30H44N2Ni. The molecule has 33 heavy (non-hydrogen) atoms. The molecule has 0 aromatic heterocycles. The summed E-state index contributed by atoms with van der Waals surface area (Å²) < 4.78 is 0. The van der Waals surface area contributed by atoms with Crippen molar-refractivity contribution in [2.75, 3.05) is 0 Å². The maximum Gasteiger partial charge on any atom is 0.0635 e. The van der Waals surface area contributed by atoms with Crippen LogP contribution in [0, 0.1) is 0 Å². The molecule has 0 aliphatic rings. The van der Waals surface area contributed by atoms with E-state index in [9.17, 15) is 0 Å². The molecule has 0 spiro atoms. The summed E-state index contributed by atoms with van der Waals surface area (Å²) in [6.07, 6.45) is 17.9. The van der Waals surface area contributed by atoms with Crippen molar-refractivity contribution in [2.45, 2.75) is 104 Å². The normalized spacial score (nSPS) is 11.7. The third-order valence-corrected chi connectivity index (χ3v) is 5.85. The van der Waals surface area contributed by atoms with Crippen molar-refractivity contribution >= 4 is 23.3 Å². The topological polar surface area (TPSA) is 24.7 Å². The first-order valence-corrected chi connectivity index (χ1v) is 13.0. The second kappa shape index (κ2) is 18.7. The Morgan fingerprint density at radius 1 is 0.667 bits per heavy atom. The van der Waals surface area contributed by atoms with Gasteiger partial charge in [-0.05, 0) is 73.9 Å². The van der Waals surface area contributed by atoms with Gasteiger partial charge in [0.15, 0.2) is 0 Å². The molecule has 2 aromatic carbocycles. The Kier molecular flexibility index (Phi) is 16.6. The minimum atomic E-state index is 0. The molecule has 2 rings (SSSR count). The molecule has 0 unspecified atom stereocenters. The Hall–Kier alpha value is -1.73. The Morgan fingerprint density at radius 3 is 1.82 bits per heavy atom. The van der Waals surface area contributed by atoms with Crippen molar-refractivity contribution in [3.63, 3.8) is 0 Å². The summed E-state index contributed by atoms with van der Waals surface area (Å²) in [7, 11) is 0. The fraction of sp³-hybridized carbons (Fsp3) is 0.533. The van der Waals surface area contributed by atoms with Crippen LogP contribution >= 0.6 is 0 Å². The molecule has 3 heteroatoms. The average Bonchev–Trinajstić information content (AvgIpc) is 2.81. The van der Waals surface area contributed by atoms with Crippen LogP contribution in [0.1, 0.15) is 103 Å². The second-order valence-corrected chi connectivity index (χ2v) is 8.93. The van der Waals surface area contributed by atoms with E-state index in [-0.39, 0.29) is 16.5 Å². The summed E-state index contributed by atoms with van der Waals surface area (Å²) in [6, 6.07) is 17.3. The monoisotopic (exact) mass is 490 g/mol. The van der Waals surface area contributed by atoms with Crippen LogP contribution in [0.25, 0.3) is 0 Å². The first-order chi connectivity index (χ1) is 15.7. The largest absolute Gasteiger partial charge is 0.255 e. The number of unbranched alkanes of at least 4 members (excludes halogenated alkanes) is 7. The minimum absolute atomic E-state index is 0. The third kappa shape index (κ3) is 12.9. The third-order valence-electron chi connectivity index (χ3n) is 5.85. The van der Waals surface area contributed by atoms with Gasteiger partial charge in [0.1, 0.15) is 0 Å². The molecule has 0 amide bonds. The van der Waals surface area contributed by atoms with E-state index in [0.29, 0.717) is 0 Å². The van der Waals surface area contributed by atoms with Crippen molar-refractivity contribution in [3.05, 3.63) is 59.7 Å². The molecule has 0 saturated heterocycles. The zero-order valence-electron chi connectivity index (χ0n) is 21.1. The van der Waals surface area contributed by atoms with Crippen molar-refractivity contribution in [3.8, 4) is 0 Å². The van der Waals surface area contributed by atoms with Crippen LogP contribution in [0.2, 0.25) is 0 Å². The summed E-state index contributed by atoms with van der Waals surface area (Å²) in [4.78, 5) is 9.83. The maximum absolute atomic E-state index is 4.92. The number of para-hydroxylation sites is 1. The summed E-state index contributed by atoms with van der Waals surface area (Å²) in [5.41, 5.74) is 6.04. The Bertz CT molecular complexity index is 783. The number of hydrogen-bond acceptors (Lipinski definition) is 2. The fourth-order valence-corrected chi connectivity index (χ4v) is 3.96. The SMILES string of the molecule is CCCCCCC(C=Nc1cc(CCCCC)cc(CCCCC)c1)=Nc1ccccc1.[Ni]. The van der Waals surface area contributed by atoms with Crippen molar-refractivity contribution < 1.29 is 16.5 Å². The van der Waals surface area contributed by atoms with Gasteiger partial charge in [0.25, 0.3) is 0 Å². The quantitative estimate of drug-likeness (QED) is 0.127. The van der Waals surface area contributed by atoms with Gasteiger partial charge in [0.05, 0.1) is 17.1 Å². The molecule has 0 heterocycles. The predicted octanol–water partition coefficient (Wildman–Crippen LogP) is 9.59. The first-order valence-electron chi connectivity index (χ1n) is 13.0. The van der Waals surface area contributed by atoms with Gasteiger partial charge in [-0.3, -0.25) is 9.98 Å². The second-order valence-electron chi connectivity index (χ2n) is 8.93. The Morgan fingerprint density at radius 2 is 1.24 bits per heavy atom. The van der Waals surface area contributed by atoms with E-state index in [2.05, 4.69) is 51.1 Å². The smallest absolute Gasteiger partial charge is 0.0635 e. The van der Waals surface area contributed by atoms with Crippen LogP contribution in [0.3, 0.4) is 0 Å². The molecule has 2 aromatic rings. The van der Waals surface area contributed by atoms with Gasteiger partial charge in [-0.15, -0.1) is 0 Å². The zero-order chi connectivity index (χ0) is 22.9. The van der Waals surface area contributed by atoms with E-state index in [0.717, 1.165) is 36.3 Å². The van der Waals surface area contributed by atoms with Crippen molar-refractivity contribution in [1.29, 1.82) is 0 Å². The summed E-state index contributed by atoms with van der Waals surface area (Å²) in [6.45, 7) is 6.79. The summed E-state index contributed by atoms with van der Waals surface area (Å²) in [5.74, 6) is 0. The summed E-state index contributed by atoms with van der Waals surface area (Å²) >= 11 is 0. The van der Waals surface area contributed by atoms with Gasteiger partial charge in [0, 0.05) is 22.7 Å². The molecule has 2 nitrogen and oxygen atoms in total. The molecule has 0 atom stereocenters. The summed E-state index contributed by atoms with van der Waals surface area (Å²) in [5, 5.41) is 0. The van der Waals surface area contributed by atoms with Gasteiger partial charge in [-0.25, -0.2) is 0 Å². The van der Waals surface area contributed by atoms with E-state index in [1.54, 1.807) is 0 Å². The minimum Gasteiger partial charge on any atom is -0.255 e. The molecule has 0 N–H and O–H groups in total. The van der Waals surface area contributed by atoms with E-state index in [4.69, 9.17) is 9.98 Å². The number of rotatable bonds is 16. The molecule has 0 aliphatic heterocycles. The maximum atomic E-state index is 4.92. The molecule has 0 fully saturated rings. The Balaban J connectivity index is 0.00000544. The van der Waals surface area contributed by atoms with Gasteiger partial charge >= 0.3 is 0 Å². The van der Waals surface area contributed by atoms with E-state index >= 15 is 0 Å². The van der Waals surface area contributed by atoms with Crippen LogP contribution in [0.4, 0.5) is 11.4 Å². The standard InChI is InChI=1S/C30H44N2.Ni/c1-4-7-10-14-21-29(32-28-19-15-11-16-20-28)25-31-30-23-26(17-12-8-5-2)22-27(24-30)18-13-9-6-3;/h11,15-16,19-20,22-25H,4-10,12-14,17-18,21H2,1-3H3;. The van der Waals surface area contributed by atoms with Gasteiger partial charge in [-0.2, -0.15) is 0 Å². The molecule has 0 aliphatic carbocycles. The molecular weight excluding hydrogens is 447 g/mol. The molecule has 184 valence electrons. The number of benzene rings is 2. The van der Waals surface area contributed by atoms with Crippen molar-refractivity contribution in [2.24, 2.45) is 9.98 Å².